The number of carbonyl (C=O) groups excluding carboxylic acids is 1. The lowest BCUT2D eigenvalue weighted by molar-refractivity contribution is -0.137. The van der Waals surface area contributed by atoms with E-state index in [-0.39, 0.29) is 22.2 Å². The van der Waals surface area contributed by atoms with Gasteiger partial charge in [0.25, 0.3) is 0 Å². The molecule has 1 N–H and O–H groups in total. The van der Waals surface area contributed by atoms with Crippen molar-refractivity contribution in [3.8, 4) is 11.5 Å². The van der Waals surface area contributed by atoms with E-state index in [0.717, 1.165) is 10.4 Å². The first-order chi connectivity index (χ1) is 17.0. The summed E-state index contributed by atoms with van der Waals surface area (Å²) >= 11 is 5.69. The van der Waals surface area contributed by atoms with Crippen molar-refractivity contribution < 1.29 is 35.9 Å². The van der Waals surface area contributed by atoms with Crippen LogP contribution in [0.25, 0.3) is 0 Å². The minimum atomic E-state index is -4.79. The number of benzene rings is 3. The van der Waals surface area contributed by atoms with Crippen LogP contribution in [-0.2, 0) is 27.5 Å². The van der Waals surface area contributed by atoms with E-state index in [0.29, 0.717) is 17.4 Å². The molecule has 0 heterocycles. The number of nitrogens with one attached hydrogen (secondary N) is 1. The summed E-state index contributed by atoms with van der Waals surface area (Å²) in [5.41, 5.74) is -1.13. The summed E-state index contributed by atoms with van der Waals surface area (Å²) in [7, 11) is -1.56. The molecule has 0 atom stereocenters. The summed E-state index contributed by atoms with van der Waals surface area (Å²) in [4.78, 5) is 12.6. The Balaban J connectivity index is 1.96. The average molecular weight is 543 g/mol. The first-order valence-electron chi connectivity index (χ1n) is 10.4. The van der Waals surface area contributed by atoms with Crippen LogP contribution in [0.15, 0.2) is 71.6 Å². The third kappa shape index (κ3) is 6.48. The molecule has 0 saturated heterocycles. The van der Waals surface area contributed by atoms with Crippen molar-refractivity contribution >= 4 is 33.2 Å². The maximum Gasteiger partial charge on any atom is 0.418 e. The second-order valence-electron chi connectivity index (χ2n) is 7.51. The second kappa shape index (κ2) is 11.2. The summed E-state index contributed by atoms with van der Waals surface area (Å²) in [6.07, 6.45) is -4.79. The molecule has 0 aliphatic heterocycles. The lowest BCUT2D eigenvalue weighted by Gasteiger charge is -2.23. The Morgan fingerprint density at radius 3 is 2.25 bits per heavy atom. The Hall–Kier alpha value is -3.28. The highest BCUT2D eigenvalue weighted by molar-refractivity contribution is 7.89. The molecule has 1 amide bonds. The van der Waals surface area contributed by atoms with E-state index < -0.39 is 39.9 Å². The first kappa shape index (κ1) is 27.3. The molecule has 0 unspecified atom stereocenters. The quantitative estimate of drug-likeness (QED) is 0.401. The van der Waals surface area contributed by atoms with Gasteiger partial charge in [-0.25, -0.2) is 8.42 Å². The average Bonchev–Trinajstić information content (AvgIpc) is 2.84. The smallest absolute Gasteiger partial charge is 0.418 e. The van der Waals surface area contributed by atoms with Gasteiger partial charge in [-0.15, -0.1) is 0 Å². The topological polar surface area (TPSA) is 84.9 Å². The van der Waals surface area contributed by atoms with E-state index in [1.54, 1.807) is 30.3 Å². The molecule has 3 aromatic rings. The molecule has 36 heavy (non-hydrogen) atoms. The van der Waals surface area contributed by atoms with Gasteiger partial charge in [-0.1, -0.05) is 41.9 Å². The van der Waals surface area contributed by atoms with Gasteiger partial charge in [-0.2, -0.15) is 17.5 Å². The lowest BCUT2D eigenvalue weighted by atomic mass is 10.1. The number of ether oxygens (including phenoxy) is 2. The van der Waals surface area contributed by atoms with Crippen LogP contribution in [-0.4, -0.2) is 39.4 Å². The summed E-state index contributed by atoms with van der Waals surface area (Å²) in [5.74, 6) is -0.521. The molecule has 12 heteroatoms. The zero-order chi connectivity index (χ0) is 26.5. The molecule has 0 fully saturated rings. The Labute approximate surface area is 211 Å². The number of anilines is 1. The van der Waals surface area contributed by atoms with Crippen LogP contribution in [0, 0.1) is 0 Å². The number of carbonyl (C=O) groups is 1. The van der Waals surface area contributed by atoms with Gasteiger partial charge in [0.15, 0.2) is 11.5 Å². The van der Waals surface area contributed by atoms with E-state index >= 15 is 0 Å². The SMILES string of the molecule is COc1ccc(S(=O)(=O)N(CC(=O)Nc2ccc(Cl)cc2C(F)(F)F)Cc2ccccc2)cc1OC. The molecule has 0 spiro atoms. The van der Waals surface area contributed by atoms with Gasteiger partial charge in [0.05, 0.1) is 36.9 Å². The number of hydrogen-bond acceptors (Lipinski definition) is 5. The highest BCUT2D eigenvalue weighted by Crippen LogP contribution is 2.36. The van der Waals surface area contributed by atoms with Crippen molar-refractivity contribution in [2.24, 2.45) is 0 Å². The number of sulfonamides is 1. The Morgan fingerprint density at radius 2 is 1.64 bits per heavy atom. The van der Waals surface area contributed by atoms with Crippen molar-refractivity contribution in [2.45, 2.75) is 17.6 Å². The standard InChI is InChI=1S/C24H22ClF3N2O5S/c1-34-21-11-9-18(13-22(21)35-2)36(32,33)30(14-16-6-4-3-5-7-16)15-23(31)29-20-10-8-17(25)12-19(20)24(26,27)28/h3-13H,14-15H2,1-2H3,(H,29,31). The van der Waals surface area contributed by atoms with Crippen LogP contribution in [0.2, 0.25) is 5.02 Å². The molecule has 0 saturated carbocycles. The predicted molar refractivity (Wildman–Crippen MR) is 129 cm³/mol. The fourth-order valence-electron chi connectivity index (χ4n) is 3.35. The minimum Gasteiger partial charge on any atom is -0.493 e. The van der Waals surface area contributed by atoms with Gasteiger partial charge in [0.2, 0.25) is 15.9 Å². The Kier molecular flexibility index (Phi) is 8.49. The van der Waals surface area contributed by atoms with Crippen molar-refractivity contribution in [1.82, 2.24) is 4.31 Å². The van der Waals surface area contributed by atoms with Gasteiger partial charge < -0.3 is 14.8 Å². The third-order valence-electron chi connectivity index (χ3n) is 5.08. The zero-order valence-corrected chi connectivity index (χ0v) is 20.7. The van der Waals surface area contributed by atoms with Crippen LogP contribution in [0.5, 0.6) is 11.5 Å². The number of hydrogen-bond donors (Lipinski definition) is 1. The van der Waals surface area contributed by atoms with E-state index in [2.05, 4.69) is 5.32 Å². The third-order valence-corrected chi connectivity index (χ3v) is 7.10. The van der Waals surface area contributed by atoms with Crippen molar-refractivity contribution in [3.05, 3.63) is 82.9 Å². The molecule has 3 rings (SSSR count). The highest BCUT2D eigenvalue weighted by atomic mass is 35.5. The minimum absolute atomic E-state index is 0.152. The van der Waals surface area contributed by atoms with Gasteiger partial charge in [0.1, 0.15) is 0 Å². The molecular formula is C24H22ClF3N2O5S. The van der Waals surface area contributed by atoms with Crippen molar-refractivity contribution in [1.29, 1.82) is 0 Å². The molecule has 7 nitrogen and oxygen atoms in total. The van der Waals surface area contributed by atoms with Crippen LogP contribution >= 0.6 is 11.6 Å². The van der Waals surface area contributed by atoms with Gasteiger partial charge in [-0.05, 0) is 35.9 Å². The molecule has 0 aromatic heterocycles. The second-order valence-corrected chi connectivity index (χ2v) is 9.89. The van der Waals surface area contributed by atoms with Gasteiger partial charge in [-0.3, -0.25) is 4.79 Å². The maximum atomic E-state index is 13.5. The summed E-state index contributed by atoms with van der Waals surface area (Å²) in [5, 5.41) is 1.99. The largest absolute Gasteiger partial charge is 0.493 e. The fraction of sp³-hybridized carbons (Fsp3) is 0.208. The van der Waals surface area contributed by atoms with Crippen molar-refractivity contribution in [3.63, 3.8) is 0 Å². The number of nitrogens with zero attached hydrogens (tertiary/aromatic N) is 1. The lowest BCUT2D eigenvalue weighted by Crippen LogP contribution is -2.37. The molecular weight excluding hydrogens is 521 g/mol. The molecule has 0 aliphatic carbocycles. The molecule has 0 radical (unpaired) electrons. The Morgan fingerprint density at radius 1 is 0.972 bits per heavy atom. The zero-order valence-electron chi connectivity index (χ0n) is 19.2. The van der Waals surface area contributed by atoms with Gasteiger partial charge in [0, 0.05) is 17.6 Å². The predicted octanol–water partition coefficient (Wildman–Crippen LogP) is 5.21. The van der Waals surface area contributed by atoms with Gasteiger partial charge >= 0.3 is 6.18 Å². The number of amides is 1. The highest BCUT2D eigenvalue weighted by Gasteiger charge is 2.35. The fourth-order valence-corrected chi connectivity index (χ4v) is 4.92. The van der Waals surface area contributed by atoms with E-state index in [1.807, 2.05) is 0 Å². The van der Waals surface area contributed by atoms with Crippen LogP contribution in [0.4, 0.5) is 18.9 Å². The normalized spacial score (nSPS) is 11.9. The summed E-state index contributed by atoms with van der Waals surface area (Å²) < 4.78 is 78.5. The summed E-state index contributed by atoms with van der Waals surface area (Å²) in [6.45, 7) is -0.969. The maximum absolute atomic E-state index is 13.5. The number of rotatable bonds is 9. The van der Waals surface area contributed by atoms with Crippen LogP contribution in [0.3, 0.4) is 0 Å². The van der Waals surface area contributed by atoms with E-state index in [9.17, 15) is 26.4 Å². The van der Waals surface area contributed by atoms with Crippen LogP contribution < -0.4 is 14.8 Å². The first-order valence-corrected chi connectivity index (χ1v) is 12.2. The number of halogens is 4. The molecule has 0 aliphatic rings. The van der Waals surface area contributed by atoms with E-state index in [1.165, 1.54) is 38.5 Å². The van der Waals surface area contributed by atoms with E-state index in [4.69, 9.17) is 21.1 Å². The number of alkyl halides is 3. The Bertz CT molecular complexity index is 1340. The molecule has 0 bridgehead atoms. The molecule has 3 aromatic carbocycles. The van der Waals surface area contributed by atoms with Crippen molar-refractivity contribution in [2.75, 3.05) is 26.1 Å². The monoisotopic (exact) mass is 542 g/mol. The number of methoxy groups -OCH3 is 2. The van der Waals surface area contributed by atoms with Crippen LogP contribution in [0.1, 0.15) is 11.1 Å². The summed E-state index contributed by atoms with van der Waals surface area (Å²) in [6, 6.07) is 15.3. The molecule has 192 valence electrons.